The lowest BCUT2D eigenvalue weighted by Crippen LogP contribution is -2.36. The van der Waals surface area contributed by atoms with Crippen LogP contribution in [-0.2, 0) is 19.7 Å². The van der Waals surface area contributed by atoms with Crippen molar-refractivity contribution < 1.29 is 37.3 Å². The Labute approximate surface area is 446 Å². The van der Waals surface area contributed by atoms with Gasteiger partial charge in [0.1, 0.15) is 0 Å². The maximum atomic E-state index is 13.0. The fourth-order valence-electron chi connectivity index (χ4n) is 14.1. The molecule has 0 bridgehead atoms. The third-order valence-corrected chi connectivity index (χ3v) is 23.1. The summed E-state index contributed by atoms with van der Waals surface area (Å²) >= 11 is 18.2. The predicted molar refractivity (Wildman–Crippen MR) is 294 cm³/mol. The molecule has 2 aromatic rings. The molecule has 6 fully saturated rings. The minimum absolute atomic E-state index is 0.102. The van der Waals surface area contributed by atoms with Gasteiger partial charge in [0.05, 0.1) is 55.8 Å². The molecule has 6 saturated carbocycles. The maximum absolute atomic E-state index is 13.0. The van der Waals surface area contributed by atoms with Crippen molar-refractivity contribution in [1.82, 2.24) is 0 Å². The second-order valence-corrected chi connectivity index (χ2v) is 28.4. The van der Waals surface area contributed by atoms with Crippen molar-refractivity contribution in [2.75, 3.05) is 11.5 Å². The second kappa shape index (κ2) is 23.4. The minimum atomic E-state index is -3.43. The van der Waals surface area contributed by atoms with E-state index < -0.39 is 44.1 Å². The molecule has 8 nitrogen and oxygen atoms in total. The van der Waals surface area contributed by atoms with E-state index in [2.05, 4.69) is 65.2 Å². The van der Waals surface area contributed by atoms with Gasteiger partial charge in [0.2, 0.25) is 0 Å². The fraction of sp³-hybridized carbons (Fsp3) is 0.593. The van der Waals surface area contributed by atoms with Crippen molar-refractivity contribution in [2.45, 2.75) is 172 Å². The van der Waals surface area contributed by atoms with Crippen molar-refractivity contribution in [3.63, 3.8) is 0 Å². The molecule has 0 unspecified atom stereocenters. The maximum Gasteiger partial charge on any atom is 0.178 e. The van der Waals surface area contributed by atoms with Crippen LogP contribution in [0.25, 0.3) is 0 Å². The highest BCUT2D eigenvalue weighted by molar-refractivity contribution is 7.91. The van der Waals surface area contributed by atoms with Crippen LogP contribution >= 0.6 is 34.8 Å². The Hall–Kier alpha value is -2.51. The molecule has 13 heteroatoms. The smallest absolute Gasteiger partial charge is 0.178 e. The molecule has 4 N–H and O–H groups in total. The number of fused-ring (bicyclic) bond motifs is 2. The number of aliphatic hydroxyl groups excluding tert-OH is 4. The molecule has 0 aliphatic heterocycles. The van der Waals surface area contributed by atoms with Gasteiger partial charge in [0.15, 0.2) is 19.7 Å². The van der Waals surface area contributed by atoms with E-state index in [1.54, 1.807) is 18.2 Å². The summed E-state index contributed by atoms with van der Waals surface area (Å²) in [5, 5.41) is 41.6. The number of benzene rings is 2. The lowest BCUT2D eigenvalue weighted by Gasteiger charge is -2.44. The number of aryl methyl sites for hydroxylation is 1. The zero-order chi connectivity index (χ0) is 52.5. The first-order valence-electron chi connectivity index (χ1n) is 26.4. The van der Waals surface area contributed by atoms with E-state index in [0.717, 1.165) is 85.6 Å². The Morgan fingerprint density at radius 3 is 1.46 bits per heavy atom. The lowest BCUT2D eigenvalue weighted by atomic mass is 9.61. The molecule has 0 radical (unpaired) electrons. The summed E-state index contributed by atoms with van der Waals surface area (Å²) in [6.07, 6.45) is 20.5. The Balaban J connectivity index is 0.000000211. The van der Waals surface area contributed by atoms with Crippen molar-refractivity contribution in [1.29, 1.82) is 0 Å². The zero-order valence-electron chi connectivity index (χ0n) is 43.1. The summed E-state index contributed by atoms with van der Waals surface area (Å²) in [4.78, 5) is 0.548. The third-order valence-electron chi connectivity index (χ3n) is 18.4. The molecule has 8 rings (SSSR count). The van der Waals surface area contributed by atoms with Gasteiger partial charge in [-0.25, -0.2) is 16.8 Å². The van der Waals surface area contributed by atoms with Crippen molar-refractivity contribution in [3.05, 3.63) is 128 Å². The van der Waals surface area contributed by atoms with Gasteiger partial charge in [0.25, 0.3) is 0 Å². The Kier molecular flexibility index (Phi) is 18.6. The normalized spacial score (nSPS) is 34.2. The van der Waals surface area contributed by atoms with Crippen molar-refractivity contribution in [2.24, 2.45) is 46.3 Å². The molecule has 0 saturated heterocycles. The molecule has 12 atom stereocenters. The minimum Gasteiger partial charge on any atom is -0.393 e. The lowest BCUT2D eigenvalue weighted by molar-refractivity contribution is 0.0855. The summed E-state index contributed by atoms with van der Waals surface area (Å²) in [5.74, 6) is 2.79. The Morgan fingerprint density at radius 1 is 0.625 bits per heavy atom. The molecule has 0 amide bonds. The van der Waals surface area contributed by atoms with Gasteiger partial charge in [-0.15, -0.1) is 0 Å². The van der Waals surface area contributed by atoms with Crippen LogP contribution in [0.2, 0.25) is 15.1 Å². The highest BCUT2D eigenvalue weighted by atomic mass is 35.5. The van der Waals surface area contributed by atoms with E-state index in [4.69, 9.17) is 34.8 Å². The van der Waals surface area contributed by atoms with E-state index >= 15 is 0 Å². The van der Waals surface area contributed by atoms with Gasteiger partial charge in [0, 0.05) is 17.9 Å². The van der Waals surface area contributed by atoms with Gasteiger partial charge in [-0.1, -0.05) is 117 Å². The van der Waals surface area contributed by atoms with E-state index in [1.807, 2.05) is 6.92 Å². The van der Waals surface area contributed by atoms with Crippen LogP contribution in [0.15, 0.2) is 117 Å². The SMILES string of the molecule is C=C1/C(=C\C=C2/CCC[C@]3(C)[C@@H]([C@H](C)CCS(=O)(=O)c4ccc(C)c(Cl)c4)CC[C@@H]23)C[C@@H](O)C[C@@H]1O.C=C1/C(=C\C=C2/CCC[C@]3(C)[C@@H]([C@H](C)CCS(=O)(=O)c4ccc(Cl)c(Cl)c4)CC[C@@H]23)C[C@H](O)C[C@H]1O. The standard InChI is InChI=1S/C30H41ClO4S.C29H38Cl2O4S/c1-19(13-15-36(34,35)25-10-7-20(2)28(31)18-25)26-11-12-27-22(6-5-14-30(26,27)4)8-9-23-16-24(32)17-29(33)21(23)3;1-18(12-14-36(34,35)23-8-11-26(30)27(31)17-23)24-9-10-25-20(5-4-13-29(24,25)3)6-7-21-15-22(32)16-28(33)19(21)2/h7-10,18-19,24,26-27,29,32-33H,3,5-6,11-17H2,1-2,4H3;6-8,11,17-18,22,24-25,28,32-33H,2,4-5,9-10,12-16H2,1,3H3/b22-8+,23-9-;20-6+,21-7-/t19-,24-,26-,27+,29+,30-;18-,22+,24-,25+,28-,29-/m11/s1. The molecular weight excluding hydrogens is 1010 g/mol. The number of rotatable bonds is 12. The molecular formula is C59H79Cl3O8S2. The average molecular weight is 1090 g/mol. The van der Waals surface area contributed by atoms with E-state index in [1.165, 1.54) is 35.8 Å². The number of aliphatic hydroxyl groups is 4. The molecule has 396 valence electrons. The quantitative estimate of drug-likeness (QED) is 0.164. The summed E-state index contributed by atoms with van der Waals surface area (Å²) in [5.41, 5.74) is 7.43. The topological polar surface area (TPSA) is 149 Å². The predicted octanol–water partition coefficient (Wildman–Crippen LogP) is 13.5. The zero-order valence-corrected chi connectivity index (χ0v) is 47.0. The van der Waals surface area contributed by atoms with Crippen LogP contribution in [0.1, 0.15) is 136 Å². The number of allylic oxidation sites excluding steroid dienone is 6. The van der Waals surface area contributed by atoms with E-state index in [-0.39, 0.29) is 32.3 Å². The van der Waals surface area contributed by atoms with Gasteiger partial charge in [-0.2, -0.15) is 0 Å². The molecule has 0 aromatic heterocycles. The van der Waals surface area contributed by atoms with Crippen LogP contribution in [0, 0.1) is 53.3 Å². The molecule has 0 heterocycles. The first-order valence-corrected chi connectivity index (χ1v) is 30.8. The second-order valence-electron chi connectivity index (χ2n) is 23.0. The molecule has 2 aromatic carbocycles. The number of hydrogen-bond donors (Lipinski definition) is 4. The Bertz CT molecular complexity index is 2520. The number of halogens is 3. The van der Waals surface area contributed by atoms with Gasteiger partial charge >= 0.3 is 0 Å². The summed E-state index contributed by atoms with van der Waals surface area (Å²) in [7, 11) is -6.80. The summed E-state index contributed by atoms with van der Waals surface area (Å²) < 4.78 is 52.0. The first-order chi connectivity index (χ1) is 33.8. The third kappa shape index (κ3) is 12.7. The Morgan fingerprint density at radius 2 is 1.04 bits per heavy atom. The average Bonchev–Trinajstić information content (AvgIpc) is 3.88. The van der Waals surface area contributed by atoms with E-state index in [0.29, 0.717) is 89.0 Å². The van der Waals surface area contributed by atoms with Crippen molar-refractivity contribution >= 4 is 54.5 Å². The highest BCUT2D eigenvalue weighted by Crippen LogP contribution is 2.61. The largest absolute Gasteiger partial charge is 0.393 e. The van der Waals surface area contributed by atoms with Crippen LogP contribution in [0.4, 0.5) is 0 Å². The van der Waals surface area contributed by atoms with Gasteiger partial charge in [-0.05, 0) is 201 Å². The van der Waals surface area contributed by atoms with Crippen LogP contribution < -0.4 is 0 Å². The molecule has 6 aliphatic carbocycles. The highest BCUT2D eigenvalue weighted by Gasteiger charge is 2.52. The van der Waals surface area contributed by atoms with E-state index in [9.17, 15) is 37.3 Å². The summed E-state index contributed by atoms with van der Waals surface area (Å²) in [6, 6.07) is 9.54. The van der Waals surface area contributed by atoms with Crippen molar-refractivity contribution in [3.8, 4) is 0 Å². The molecule has 0 spiro atoms. The first kappa shape index (κ1) is 57.2. The molecule has 72 heavy (non-hydrogen) atoms. The molecule has 6 aliphatic rings. The van der Waals surface area contributed by atoms with Crippen LogP contribution in [0.5, 0.6) is 0 Å². The number of hydrogen-bond acceptors (Lipinski definition) is 8. The van der Waals surface area contributed by atoms with Crippen LogP contribution in [-0.4, -0.2) is 73.2 Å². The number of sulfone groups is 2. The van der Waals surface area contributed by atoms with Gasteiger partial charge < -0.3 is 20.4 Å². The van der Waals surface area contributed by atoms with Gasteiger partial charge in [-0.3, -0.25) is 0 Å². The van der Waals surface area contributed by atoms with Crippen LogP contribution in [0.3, 0.4) is 0 Å². The monoisotopic (exact) mass is 1080 g/mol. The fourth-order valence-corrected chi connectivity index (χ4v) is 17.7. The summed E-state index contributed by atoms with van der Waals surface area (Å²) in [6.45, 7) is 19.2.